The summed E-state index contributed by atoms with van der Waals surface area (Å²) in [4.78, 5) is 2.66. The van der Waals surface area contributed by atoms with Crippen molar-refractivity contribution in [2.75, 3.05) is 33.4 Å². The van der Waals surface area contributed by atoms with E-state index in [1.54, 1.807) is 0 Å². The maximum atomic E-state index is 5.54. The zero-order valence-electron chi connectivity index (χ0n) is 12.5. The van der Waals surface area contributed by atoms with Crippen molar-refractivity contribution in [2.45, 2.75) is 47.0 Å². The number of likely N-dealkylation sites (tertiary alicyclic amines) is 1. The van der Waals surface area contributed by atoms with Crippen molar-refractivity contribution in [1.82, 2.24) is 4.90 Å². The van der Waals surface area contributed by atoms with E-state index in [-0.39, 0.29) is 0 Å². The molecule has 0 spiro atoms. The summed E-state index contributed by atoms with van der Waals surface area (Å²) < 4.78 is 5.54. The zero-order valence-corrected chi connectivity index (χ0v) is 12.5. The Hall–Kier alpha value is -0.0800. The maximum absolute atomic E-state index is 5.54. The Balaban J connectivity index is 2.72. The molecule has 0 aromatic rings. The normalized spacial score (nSPS) is 19.2. The van der Waals surface area contributed by atoms with Crippen LogP contribution < -0.4 is 0 Å². The van der Waals surface area contributed by atoms with E-state index < -0.39 is 0 Å². The van der Waals surface area contributed by atoms with Gasteiger partial charge in [0, 0.05) is 19.1 Å². The molecule has 1 aliphatic rings. The number of hydrogen-bond donors (Lipinski definition) is 0. The summed E-state index contributed by atoms with van der Waals surface area (Å²) in [5, 5.41) is 0. The van der Waals surface area contributed by atoms with Crippen molar-refractivity contribution < 1.29 is 4.74 Å². The topological polar surface area (TPSA) is 12.5 Å². The molecule has 0 bridgehead atoms. The Morgan fingerprint density at radius 1 is 1.00 bits per heavy atom. The molecule has 2 nitrogen and oxygen atoms in total. The van der Waals surface area contributed by atoms with E-state index in [1.165, 1.54) is 38.9 Å². The summed E-state index contributed by atoms with van der Waals surface area (Å²) in [6.07, 6.45) is 4.16. The van der Waals surface area contributed by atoms with Crippen molar-refractivity contribution in [3.63, 3.8) is 0 Å². The van der Waals surface area contributed by atoms with Crippen LogP contribution in [-0.4, -0.2) is 38.3 Å². The Morgan fingerprint density at radius 3 is 1.94 bits per heavy atom. The van der Waals surface area contributed by atoms with Gasteiger partial charge in [0.25, 0.3) is 0 Å². The summed E-state index contributed by atoms with van der Waals surface area (Å²) in [6.45, 7) is 14.1. The lowest BCUT2D eigenvalue weighted by molar-refractivity contribution is -0.0264. The fourth-order valence-electron chi connectivity index (χ4n) is 3.21. The van der Waals surface area contributed by atoms with E-state index in [1.807, 2.05) is 7.11 Å². The highest BCUT2D eigenvalue weighted by Crippen LogP contribution is 2.37. The fraction of sp³-hybridized carbons (Fsp3) is 1.00. The van der Waals surface area contributed by atoms with Crippen molar-refractivity contribution in [2.24, 2.45) is 17.3 Å². The van der Waals surface area contributed by atoms with Gasteiger partial charge in [-0.3, -0.25) is 0 Å². The quantitative estimate of drug-likeness (QED) is 0.706. The SMILES string of the molecule is COCC(CN1CCCCC1)(C(C)C)C(C)C. The van der Waals surface area contributed by atoms with E-state index in [9.17, 15) is 0 Å². The molecule has 0 saturated carbocycles. The Kier molecular flexibility index (Phi) is 5.94. The molecule has 2 heteroatoms. The first-order chi connectivity index (χ1) is 8.03. The van der Waals surface area contributed by atoms with Crippen molar-refractivity contribution in [3.05, 3.63) is 0 Å². The van der Waals surface area contributed by atoms with E-state index in [2.05, 4.69) is 32.6 Å². The van der Waals surface area contributed by atoms with Gasteiger partial charge in [-0.2, -0.15) is 0 Å². The highest BCUT2D eigenvalue weighted by Gasteiger charge is 2.38. The Labute approximate surface area is 108 Å². The van der Waals surface area contributed by atoms with Crippen molar-refractivity contribution in [1.29, 1.82) is 0 Å². The molecule has 1 rings (SSSR count). The van der Waals surface area contributed by atoms with Crippen LogP contribution in [0.4, 0.5) is 0 Å². The third-order valence-electron chi connectivity index (χ3n) is 4.68. The summed E-state index contributed by atoms with van der Waals surface area (Å²) in [7, 11) is 1.84. The second-order valence-electron chi connectivity index (χ2n) is 6.31. The van der Waals surface area contributed by atoms with Crippen LogP contribution in [-0.2, 0) is 4.74 Å². The predicted octanol–water partition coefficient (Wildman–Crippen LogP) is 3.42. The minimum absolute atomic E-state index is 0.312. The van der Waals surface area contributed by atoms with Gasteiger partial charge in [-0.1, -0.05) is 34.1 Å². The van der Waals surface area contributed by atoms with Gasteiger partial charge in [0.2, 0.25) is 0 Å². The van der Waals surface area contributed by atoms with Crippen molar-refractivity contribution >= 4 is 0 Å². The van der Waals surface area contributed by atoms with Gasteiger partial charge in [0.1, 0.15) is 0 Å². The number of piperidine rings is 1. The lowest BCUT2D eigenvalue weighted by Gasteiger charge is -2.45. The smallest absolute Gasteiger partial charge is 0.0535 e. The molecule has 1 aliphatic heterocycles. The van der Waals surface area contributed by atoms with Gasteiger partial charge < -0.3 is 9.64 Å². The zero-order chi connectivity index (χ0) is 12.9. The van der Waals surface area contributed by atoms with Crippen LogP contribution in [0.25, 0.3) is 0 Å². The van der Waals surface area contributed by atoms with Gasteiger partial charge in [-0.15, -0.1) is 0 Å². The van der Waals surface area contributed by atoms with Crippen LogP contribution in [0, 0.1) is 17.3 Å². The number of hydrogen-bond acceptors (Lipinski definition) is 2. The number of methoxy groups -OCH3 is 1. The average molecular weight is 241 g/mol. The van der Waals surface area contributed by atoms with Gasteiger partial charge in [-0.25, -0.2) is 0 Å². The molecule has 0 amide bonds. The van der Waals surface area contributed by atoms with Crippen LogP contribution in [0.2, 0.25) is 0 Å². The van der Waals surface area contributed by atoms with E-state index in [0.717, 1.165) is 6.61 Å². The highest BCUT2D eigenvalue weighted by atomic mass is 16.5. The molecule has 0 aromatic heterocycles. The lowest BCUT2D eigenvalue weighted by Crippen LogP contribution is -2.49. The number of nitrogens with zero attached hydrogens (tertiary/aromatic N) is 1. The lowest BCUT2D eigenvalue weighted by atomic mass is 9.69. The highest BCUT2D eigenvalue weighted by molar-refractivity contribution is 4.89. The molecule has 17 heavy (non-hydrogen) atoms. The van der Waals surface area contributed by atoms with E-state index in [4.69, 9.17) is 4.74 Å². The second kappa shape index (κ2) is 6.75. The summed E-state index contributed by atoms with van der Waals surface area (Å²) in [5.74, 6) is 1.34. The molecule has 1 heterocycles. The molecule has 1 saturated heterocycles. The molecule has 0 unspecified atom stereocenters. The first kappa shape index (κ1) is 15.0. The molecule has 0 radical (unpaired) electrons. The molecule has 1 fully saturated rings. The van der Waals surface area contributed by atoms with Gasteiger partial charge >= 0.3 is 0 Å². The van der Waals surface area contributed by atoms with Gasteiger partial charge in [0.15, 0.2) is 0 Å². The molecule has 0 atom stereocenters. The third kappa shape index (κ3) is 3.69. The fourth-order valence-corrected chi connectivity index (χ4v) is 3.21. The molecule has 0 N–H and O–H groups in total. The first-order valence-corrected chi connectivity index (χ1v) is 7.24. The maximum Gasteiger partial charge on any atom is 0.0535 e. The first-order valence-electron chi connectivity index (χ1n) is 7.24. The Bertz CT molecular complexity index is 199. The number of ether oxygens (including phenoxy) is 1. The molecular formula is C15H31NO. The van der Waals surface area contributed by atoms with Crippen LogP contribution >= 0.6 is 0 Å². The standard InChI is InChI=1S/C15H31NO/c1-13(2)15(12-17-5,14(3)4)11-16-9-7-6-8-10-16/h13-14H,6-12H2,1-5H3. The minimum Gasteiger partial charge on any atom is -0.384 e. The largest absolute Gasteiger partial charge is 0.384 e. The minimum atomic E-state index is 0.312. The van der Waals surface area contributed by atoms with Crippen molar-refractivity contribution in [3.8, 4) is 0 Å². The Morgan fingerprint density at radius 2 is 1.53 bits per heavy atom. The number of rotatable bonds is 6. The summed E-state index contributed by atoms with van der Waals surface area (Å²) >= 11 is 0. The van der Waals surface area contributed by atoms with E-state index >= 15 is 0 Å². The van der Waals surface area contributed by atoms with Crippen LogP contribution in [0.1, 0.15) is 47.0 Å². The molecular weight excluding hydrogens is 210 g/mol. The van der Waals surface area contributed by atoms with Crippen LogP contribution in [0.3, 0.4) is 0 Å². The summed E-state index contributed by atoms with van der Waals surface area (Å²) in [6, 6.07) is 0. The average Bonchev–Trinajstić information content (AvgIpc) is 2.29. The third-order valence-corrected chi connectivity index (χ3v) is 4.68. The molecule has 0 aromatic carbocycles. The van der Waals surface area contributed by atoms with Gasteiger partial charge in [0.05, 0.1) is 6.61 Å². The van der Waals surface area contributed by atoms with Crippen LogP contribution in [0.5, 0.6) is 0 Å². The monoisotopic (exact) mass is 241 g/mol. The predicted molar refractivity (Wildman–Crippen MR) is 74.3 cm³/mol. The molecule has 0 aliphatic carbocycles. The van der Waals surface area contributed by atoms with Crippen LogP contribution in [0.15, 0.2) is 0 Å². The summed E-state index contributed by atoms with van der Waals surface area (Å²) in [5.41, 5.74) is 0.312. The van der Waals surface area contributed by atoms with E-state index in [0.29, 0.717) is 17.3 Å². The van der Waals surface area contributed by atoms with Gasteiger partial charge in [-0.05, 0) is 37.8 Å². The second-order valence-corrected chi connectivity index (χ2v) is 6.31. The molecule has 102 valence electrons.